The number of imidazole rings is 1. The number of rotatable bonds is 18. The molecule has 8 atom stereocenters. The van der Waals surface area contributed by atoms with Gasteiger partial charge in [0.2, 0.25) is 29.5 Å². The summed E-state index contributed by atoms with van der Waals surface area (Å²) >= 11 is 0. The van der Waals surface area contributed by atoms with Crippen molar-refractivity contribution in [1.29, 1.82) is 0 Å². The molecule has 60 heavy (non-hydrogen) atoms. The van der Waals surface area contributed by atoms with Gasteiger partial charge in [-0.2, -0.15) is 0 Å². The fraction of sp³-hybridized carbons (Fsp3) is 0.486. The number of H-pyrrole nitrogens is 1. The largest absolute Gasteiger partial charge is 0.445 e. The first-order valence-electron chi connectivity index (χ1n) is 19.0. The molecule has 4 heterocycles. The Kier molecular flexibility index (Phi) is 15.4. The maximum atomic E-state index is 13.0. The van der Waals surface area contributed by atoms with Crippen LogP contribution in [0.5, 0.6) is 0 Å². The summed E-state index contributed by atoms with van der Waals surface area (Å²) in [6.07, 6.45) is -2.58. The molecule has 5 rings (SSSR count). The Bertz CT molecular complexity index is 2030. The second-order valence-corrected chi connectivity index (χ2v) is 14.3. The van der Waals surface area contributed by atoms with Crippen LogP contribution in [0, 0.1) is 5.92 Å². The maximum Gasteiger partial charge on any atom is 0.407 e. The maximum absolute atomic E-state index is 13.0. The number of carbonyl (C=O) groups excluding carboxylic acids is 6. The molecule has 23 nitrogen and oxygen atoms in total. The first kappa shape index (κ1) is 44.8. The van der Waals surface area contributed by atoms with Gasteiger partial charge in [0.15, 0.2) is 17.7 Å². The minimum Gasteiger partial charge on any atom is -0.445 e. The number of nitrogens with one attached hydrogen (secondary N) is 7. The number of nitrogens with zero attached hydrogens (tertiary/aromatic N) is 4. The van der Waals surface area contributed by atoms with Gasteiger partial charge in [0.05, 0.1) is 19.0 Å². The monoisotopic (exact) mass is 839 g/mol. The van der Waals surface area contributed by atoms with Gasteiger partial charge in [-0.25, -0.2) is 19.7 Å². The van der Waals surface area contributed by atoms with Crippen molar-refractivity contribution in [3.63, 3.8) is 0 Å². The summed E-state index contributed by atoms with van der Waals surface area (Å²) in [5.41, 5.74) is 1.74. The lowest BCUT2D eigenvalue weighted by Gasteiger charge is -2.42. The Morgan fingerprint density at radius 1 is 0.950 bits per heavy atom. The molecule has 1 saturated heterocycles. The number of aromatic nitrogens is 4. The van der Waals surface area contributed by atoms with Crippen LogP contribution in [0.4, 0.5) is 16.3 Å². The van der Waals surface area contributed by atoms with E-state index in [-0.39, 0.29) is 44.3 Å². The van der Waals surface area contributed by atoms with Crippen LogP contribution in [0.2, 0.25) is 0 Å². The van der Waals surface area contributed by atoms with E-state index in [0.29, 0.717) is 22.4 Å². The number of ether oxygens (including phenoxy) is 2. The van der Waals surface area contributed by atoms with Gasteiger partial charge in [-0.05, 0) is 36.6 Å². The number of benzene rings is 1. The zero-order valence-corrected chi connectivity index (χ0v) is 32.9. The Hall–Kier alpha value is -6.27. The van der Waals surface area contributed by atoms with Gasteiger partial charge in [-0.15, -0.1) is 0 Å². The van der Waals surface area contributed by atoms with E-state index in [2.05, 4.69) is 51.8 Å². The van der Waals surface area contributed by atoms with Gasteiger partial charge < -0.3 is 71.7 Å². The molecule has 2 aliphatic rings. The molecule has 0 saturated carbocycles. The first-order valence-corrected chi connectivity index (χ1v) is 19.0. The number of aliphatic hydroxyl groups is 4. The van der Waals surface area contributed by atoms with E-state index in [1.54, 1.807) is 38.1 Å². The van der Waals surface area contributed by atoms with Crippen molar-refractivity contribution in [2.75, 3.05) is 30.3 Å². The molecule has 2 aliphatic heterocycles. The average Bonchev–Trinajstić information content (AvgIpc) is 3.84. The van der Waals surface area contributed by atoms with Crippen molar-refractivity contribution in [2.45, 2.75) is 89.1 Å². The highest BCUT2D eigenvalue weighted by Gasteiger charge is 2.45. The van der Waals surface area contributed by atoms with Crippen molar-refractivity contribution in [2.24, 2.45) is 5.92 Å². The first-order chi connectivity index (χ1) is 28.6. The number of aliphatic hydroxyl groups excluding tert-OH is 4. The highest BCUT2D eigenvalue weighted by atomic mass is 16.6. The number of anilines is 2. The summed E-state index contributed by atoms with van der Waals surface area (Å²) < 4.78 is 10.9. The molecule has 6 amide bonds. The van der Waals surface area contributed by atoms with Crippen LogP contribution in [0.25, 0.3) is 11.2 Å². The lowest BCUT2D eigenvalue weighted by atomic mass is 9.95. The van der Waals surface area contributed by atoms with E-state index in [1.165, 1.54) is 31.7 Å². The van der Waals surface area contributed by atoms with Gasteiger partial charge in [-0.1, -0.05) is 26.0 Å². The molecule has 0 radical (unpaired) electrons. The van der Waals surface area contributed by atoms with Crippen LogP contribution in [0.3, 0.4) is 0 Å². The number of fused-ring (bicyclic) bond motifs is 1. The third-order valence-corrected chi connectivity index (χ3v) is 9.58. The predicted octanol–water partition coefficient (Wildman–Crippen LogP) is -2.30. The molecule has 2 aromatic heterocycles. The molecular weight excluding hydrogens is 790 g/mol. The topological polar surface area (TPSA) is 332 Å². The molecule has 0 bridgehead atoms. The zero-order valence-electron chi connectivity index (χ0n) is 32.9. The van der Waals surface area contributed by atoms with Gasteiger partial charge in [-0.3, -0.25) is 24.0 Å². The summed E-state index contributed by atoms with van der Waals surface area (Å²) in [6, 6.07) is 3.18. The third-order valence-electron chi connectivity index (χ3n) is 9.58. The minimum absolute atomic E-state index is 0.0430. The Balaban J connectivity index is 0.988. The van der Waals surface area contributed by atoms with Crippen molar-refractivity contribution in [1.82, 2.24) is 46.1 Å². The minimum atomic E-state index is -1.55. The number of amides is 6. The van der Waals surface area contributed by atoms with Crippen molar-refractivity contribution in [3.05, 3.63) is 54.6 Å². The van der Waals surface area contributed by atoms with E-state index < -0.39 is 91.1 Å². The van der Waals surface area contributed by atoms with Crippen LogP contribution in [0.15, 0.2) is 49.1 Å². The number of alkyl carbamates (subject to hydrolysis) is 1. The fourth-order valence-corrected chi connectivity index (χ4v) is 6.21. The lowest BCUT2D eigenvalue weighted by molar-refractivity contribution is -0.185. The summed E-state index contributed by atoms with van der Waals surface area (Å²) in [5.74, 6) is -2.77. The van der Waals surface area contributed by atoms with Crippen LogP contribution in [0.1, 0.15) is 39.2 Å². The predicted molar refractivity (Wildman–Crippen MR) is 209 cm³/mol. The SMILES string of the molecule is CC(C)[C@H](NC(=O)CCN1C(=O)C=CC1O)C(=O)N[C@@H](C)C(=O)Nc1ccc(COC(=O)NCCC(=O)N[C@@H]2[C@@H](O)[C@H](O)[C@@H](Nc3ncnc4nc[nH]c34)O[C@H]2CO)cc1. The van der Waals surface area contributed by atoms with Gasteiger partial charge >= 0.3 is 6.09 Å². The second kappa shape index (κ2) is 20.6. The van der Waals surface area contributed by atoms with E-state index in [1.807, 2.05) is 0 Å². The van der Waals surface area contributed by atoms with Crippen LogP contribution in [-0.4, -0.2) is 149 Å². The van der Waals surface area contributed by atoms with E-state index in [0.717, 1.165) is 4.90 Å². The van der Waals surface area contributed by atoms with Crippen molar-refractivity contribution < 1.29 is 58.7 Å². The molecule has 1 fully saturated rings. The quantitative estimate of drug-likeness (QED) is 0.0641. The number of aromatic amines is 1. The zero-order chi connectivity index (χ0) is 43.5. The lowest BCUT2D eigenvalue weighted by Crippen LogP contribution is -2.65. The Labute approximate surface area is 342 Å². The number of hydrogen-bond donors (Lipinski definition) is 11. The average molecular weight is 840 g/mol. The Morgan fingerprint density at radius 3 is 2.38 bits per heavy atom. The molecule has 1 unspecified atom stereocenters. The highest BCUT2D eigenvalue weighted by molar-refractivity contribution is 5.98. The molecular formula is C37H49N11O12. The third kappa shape index (κ3) is 11.7. The Morgan fingerprint density at radius 2 is 1.70 bits per heavy atom. The van der Waals surface area contributed by atoms with Crippen molar-refractivity contribution >= 4 is 58.3 Å². The van der Waals surface area contributed by atoms with Crippen molar-refractivity contribution in [3.8, 4) is 0 Å². The molecule has 0 aliphatic carbocycles. The smallest absolute Gasteiger partial charge is 0.407 e. The van der Waals surface area contributed by atoms with Gasteiger partial charge in [0.1, 0.15) is 55.1 Å². The molecule has 1 aromatic carbocycles. The van der Waals surface area contributed by atoms with Crippen LogP contribution in [-0.2, 0) is 40.1 Å². The van der Waals surface area contributed by atoms with E-state index >= 15 is 0 Å². The number of carbonyl (C=O) groups is 6. The van der Waals surface area contributed by atoms with E-state index in [9.17, 15) is 49.2 Å². The van der Waals surface area contributed by atoms with Gasteiger partial charge in [0, 0.05) is 37.7 Å². The normalized spacial score (nSPS) is 22.2. The number of hydrogen-bond acceptors (Lipinski definition) is 16. The van der Waals surface area contributed by atoms with Gasteiger partial charge in [0.25, 0.3) is 0 Å². The second-order valence-electron chi connectivity index (χ2n) is 14.3. The molecule has 0 spiro atoms. The molecule has 11 N–H and O–H groups in total. The molecule has 23 heteroatoms. The highest BCUT2D eigenvalue weighted by Crippen LogP contribution is 2.24. The molecule has 324 valence electrons. The van der Waals surface area contributed by atoms with E-state index in [4.69, 9.17) is 9.47 Å². The van der Waals surface area contributed by atoms with Crippen LogP contribution < -0.4 is 31.9 Å². The summed E-state index contributed by atoms with van der Waals surface area (Å²) in [5, 5.41) is 57.0. The standard InChI is InChI=1S/C37H49N11O12/c1-18(2)27(45-24(51)11-13-48-25(52)8-9-26(48)53)35(57)43-19(3)34(56)44-21-6-4-20(5-7-21)15-59-37(58)38-12-10-23(50)46-28-22(14-49)60-36(31(55)30(28)54)47-33-29-32(40-16-39-29)41-17-42-33/h4-9,16-19,22,25,27-28,30-31,36,49,52,54-55H,10-15H2,1-3H3,(H,38,58)(H,43,57)(H,44,56)(H,45,51)(H,46,50)(H2,39,40,41,42,47)/t19-,22-,25?,27-,28-,30+,31-,36-/m0/s1. The van der Waals surface area contributed by atoms with Crippen LogP contribution >= 0.6 is 0 Å². The fourth-order valence-electron chi connectivity index (χ4n) is 6.21. The summed E-state index contributed by atoms with van der Waals surface area (Å²) in [6.45, 7) is 3.98. The summed E-state index contributed by atoms with van der Waals surface area (Å²) in [7, 11) is 0. The molecule has 3 aromatic rings. The summed E-state index contributed by atoms with van der Waals surface area (Å²) in [4.78, 5) is 91.3.